The topological polar surface area (TPSA) is 107 Å². The Kier molecular flexibility index (Phi) is 8.55. The lowest BCUT2D eigenvalue weighted by atomic mass is 9.86. The Morgan fingerprint density at radius 3 is 2.40 bits per heavy atom. The van der Waals surface area contributed by atoms with Crippen molar-refractivity contribution in [1.29, 1.82) is 0 Å². The Balaban J connectivity index is 1.25. The maximum Gasteiger partial charge on any atom is 0.418 e. The quantitative estimate of drug-likeness (QED) is 0.180. The number of aromatic nitrogens is 4. The van der Waals surface area contributed by atoms with Crippen molar-refractivity contribution < 1.29 is 27.8 Å². The number of carboxylic acid groups (broad SMARTS) is 1. The second kappa shape index (κ2) is 12.7. The molecule has 3 fully saturated rings. The van der Waals surface area contributed by atoms with Crippen LogP contribution in [0.15, 0.2) is 42.6 Å². The van der Waals surface area contributed by atoms with Crippen LogP contribution in [0.2, 0.25) is 0 Å². The summed E-state index contributed by atoms with van der Waals surface area (Å²) in [5, 5.41) is 9.35. The summed E-state index contributed by atoms with van der Waals surface area (Å²) in [6.07, 6.45) is 4.01. The number of nitrogens with zero attached hydrogens (tertiary/aromatic N) is 5. The molecular formula is C36H41F3N6O3. The predicted octanol–water partition coefficient (Wildman–Crippen LogP) is 7.53. The normalized spacial score (nSPS) is 18.5. The minimum Gasteiger partial charge on any atom is -0.481 e. The van der Waals surface area contributed by atoms with Crippen molar-refractivity contribution in [2.75, 3.05) is 50.2 Å². The first kappa shape index (κ1) is 32.4. The SMILES string of the molecule is COCC1(CN(C)c2cc(-c3cnc(C4CC4)c(C(F)(F)F)c3)nc3nc(-c4ccc(N5CCC(C(=O)O)CC5)cc4)[nH]c23)CCCC1. The maximum atomic E-state index is 14.2. The highest BCUT2D eigenvalue weighted by Crippen LogP contribution is 2.46. The number of rotatable bonds is 10. The van der Waals surface area contributed by atoms with Crippen LogP contribution in [-0.2, 0) is 15.7 Å². The number of benzene rings is 1. The van der Waals surface area contributed by atoms with E-state index < -0.39 is 17.7 Å². The van der Waals surface area contributed by atoms with Crippen LogP contribution in [0.1, 0.15) is 68.5 Å². The Morgan fingerprint density at radius 1 is 1.06 bits per heavy atom. The molecule has 0 spiro atoms. The molecule has 4 heterocycles. The largest absolute Gasteiger partial charge is 0.481 e. The van der Waals surface area contributed by atoms with Gasteiger partial charge in [-0.15, -0.1) is 0 Å². The number of carboxylic acids is 1. The van der Waals surface area contributed by atoms with Crippen molar-refractivity contribution in [3.8, 4) is 22.6 Å². The number of H-pyrrole nitrogens is 1. The fourth-order valence-electron chi connectivity index (χ4n) is 7.66. The molecule has 1 aromatic carbocycles. The number of aliphatic carboxylic acids is 1. The zero-order valence-corrected chi connectivity index (χ0v) is 27.3. The molecule has 254 valence electrons. The Bertz CT molecular complexity index is 1790. The van der Waals surface area contributed by atoms with Gasteiger partial charge in [0.2, 0.25) is 0 Å². The molecule has 3 aliphatic rings. The molecule has 7 rings (SSSR count). The Hall–Kier alpha value is -4.19. The Labute approximate surface area is 277 Å². The standard InChI is InChI=1S/C36H41F3N6O3/c1-44(20-35(21-48-2)13-3-4-14-35)29-18-28(25-17-27(36(37,38)39)30(40-19-25)22-5-6-22)41-33-31(29)42-32(43-33)23-7-9-26(10-8-23)45-15-11-24(12-16-45)34(46)47/h7-10,17-19,22,24H,3-6,11-16,20-21H2,1-2H3,(H,46,47)(H,41,42,43). The second-order valence-corrected chi connectivity index (χ2v) is 13.9. The van der Waals surface area contributed by atoms with E-state index in [1.165, 1.54) is 12.3 Å². The van der Waals surface area contributed by atoms with E-state index in [9.17, 15) is 23.1 Å². The van der Waals surface area contributed by atoms with Gasteiger partial charge in [0.15, 0.2) is 5.65 Å². The van der Waals surface area contributed by atoms with Crippen molar-refractivity contribution in [3.63, 3.8) is 0 Å². The average Bonchev–Trinajstić information content (AvgIpc) is 3.67. The van der Waals surface area contributed by atoms with E-state index >= 15 is 0 Å². The number of piperidine rings is 1. The summed E-state index contributed by atoms with van der Waals surface area (Å²) < 4.78 is 48.2. The first-order valence-electron chi connectivity index (χ1n) is 16.8. The molecule has 0 unspecified atom stereocenters. The molecule has 4 aromatic rings. The van der Waals surface area contributed by atoms with Gasteiger partial charge >= 0.3 is 12.1 Å². The lowest BCUT2D eigenvalue weighted by Crippen LogP contribution is -2.37. The minimum absolute atomic E-state index is 0.0200. The smallest absolute Gasteiger partial charge is 0.418 e. The summed E-state index contributed by atoms with van der Waals surface area (Å²) in [4.78, 5) is 33.2. The number of ether oxygens (including phenoxy) is 1. The molecule has 0 radical (unpaired) electrons. The van der Waals surface area contributed by atoms with E-state index in [2.05, 4.69) is 19.8 Å². The number of carbonyl (C=O) groups is 1. The van der Waals surface area contributed by atoms with Gasteiger partial charge in [-0.05, 0) is 74.9 Å². The third-order valence-electron chi connectivity index (χ3n) is 10.4. The number of hydrogen-bond acceptors (Lipinski definition) is 7. The molecule has 2 N–H and O–H groups in total. The Morgan fingerprint density at radius 2 is 1.77 bits per heavy atom. The summed E-state index contributed by atoms with van der Waals surface area (Å²) in [7, 11) is 3.73. The molecule has 12 heteroatoms. The van der Waals surface area contributed by atoms with Crippen molar-refractivity contribution in [2.45, 2.75) is 63.5 Å². The number of nitrogens with one attached hydrogen (secondary N) is 1. The highest BCUT2D eigenvalue weighted by atomic mass is 19.4. The van der Waals surface area contributed by atoms with Crippen LogP contribution in [0.5, 0.6) is 0 Å². The number of alkyl halides is 3. The first-order chi connectivity index (χ1) is 23.0. The number of imidazole rings is 1. The van der Waals surface area contributed by atoms with Gasteiger partial charge in [0.1, 0.15) is 11.3 Å². The van der Waals surface area contributed by atoms with E-state index in [0.717, 1.165) is 55.5 Å². The molecular weight excluding hydrogens is 621 g/mol. The number of hydrogen-bond donors (Lipinski definition) is 2. The van der Waals surface area contributed by atoms with Crippen molar-refractivity contribution in [2.24, 2.45) is 11.3 Å². The molecule has 2 aliphatic carbocycles. The van der Waals surface area contributed by atoms with Crippen molar-refractivity contribution in [3.05, 3.63) is 53.9 Å². The summed E-state index contributed by atoms with van der Waals surface area (Å²) in [6, 6.07) is 11.0. The van der Waals surface area contributed by atoms with E-state index in [-0.39, 0.29) is 22.9 Å². The first-order valence-corrected chi connectivity index (χ1v) is 16.8. The average molecular weight is 663 g/mol. The summed E-state index contributed by atoms with van der Waals surface area (Å²) in [6.45, 7) is 2.71. The van der Waals surface area contributed by atoms with Crippen LogP contribution in [0.4, 0.5) is 24.5 Å². The van der Waals surface area contributed by atoms with Gasteiger partial charge < -0.3 is 24.6 Å². The number of methoxy groups -OCH3 is 1. The van der Waals surface area contributed by atoms with E-state index in [1.54, 1.807) is 7.11 Å². The molecule has 1 saturated heterocycles. The highest BCUT2D eigenvalue weighted by molar-refractivity contribution is 5.91. The third-order valence-corrected chi connectivity index (χ3v) is 10.4. The summed E-state index contributed by atoms with van der Waals surface area (Å²) in [5.41, 5.74) is 3.87. The van der Waals surface area contributed by atoms with E-state index in [1.807, 2.05) is 37.4 Å². The number of anilines is 2. The van der Waals surface area contributed by atoms with Crippen molar-refractivity contribution >= 4 is 28.5 Å². The molecule has 2 saturated carbocycles. The van der Waals surface area contributed by atoms with Crippen LogP contribution in [0, 0.1) is 11.3 Å². The van der Waals surface area contributed by atoms with Gasteiger partial charge in [-0.25, -0.2) is 9.97 Å². The molecule has 9 nitrogen and oxygen atoms in total. The lowest BCUT2D eigenvalue weighted by molar-refractivity contribution is -0.142. The van der Waals surface area contributed by atoms with E-state index in [0.29, 0.717) is 67.3 Å². The monoisotopic (exact) mass is 662 g/mol. The van der Waals surface area contributed by atoms with Crippen molar-refractivity contribution in [1.82, 2.24) is 19.9 Å². The number of pyridine rings is 2. The van der Waals surface area contributed by atoms with Gasteiger partial charge in [0.05, 0.1) is 35.2 Å². The van der Waals surface area contributed by atoms with Gasteiger partial charge in [0.25, 0.3) is 0 Å². The highest BCUT2D eigenvalue weighted by Gasteiger charge is 2.40. The molecule has 0 bridgehead atoms. The van der Waals surface area contributed by atoms with Crippen LogP contribution >= 0.6 is 0 Å². The number of halogens is 3. The number of fused-ring (bicyclic) bond motifs is 1. The van der Waals surface area contributed by atoms with Gasteiger partial charge in [-0.1, -0.05) is 12.8 Å². The second-order valence-electron chi connectivity index (χ2n) is 13.9. The summed E-state index contributed by atoms with van der Waals surface area (Å²) >= 11 is 0. The van der Waals surface area contributed by atoms with Gasteiger partial charge in [-0.2, -0.15) is 13.2 Å². The van der Waals surface area contributed by atoms with Crippen LogP contribution < -0.4 is 9.80 Å². The van der Waals surface area contributed by atoms with Crippen LogP contribution in [0.25, 0.3) is 33.8 Å². The lowest BCUT2D eigenvalue weighted by Gasteiger charge is -2.34. The summed E-state index contributed by atoms with van der Waals surface area (Å²) in [5.74, 6) is -0.578. The maximum absolute atomic E-state index is 14.2. The fourth-order valence-corrected chi connectivity index (χ4v) is 7.66. The minimum atomic E-state index is -4.52. The molecule has 3 aromatic heterocycles. The zero-order valence-electron chi connectivity index (χ0n) is 27.3. The fraction of sp³-hybridized carbons (Fsp3) is 0.500. The molecule has 48 heavy (non-hydrogen) atoms. The number of aromatic amines is 1. The third kappa shape index (κ3) is 6.46. The predicted molar refractivity (Wildman–Crippen MR) is 178 cm³/mol. The molecule has 1 aliphatic heterocycles. The molecule has 0 amide bonds. The zero-order chi connectivity index (χ0) is 33.6. The van der Waals surface area contributed by atoms with E-state index in [4.69, 9.17) is 14.7 Å². The molecule has 0 atom stereocenters. The van der Waals surface area contributed by atoms with Gasteiger partial charge in [0, 0.05) is 68.1 Å². The van der Waals surface area contributed by atoms with Crippen LogP contribution in [-0.4, -0.2) is 71.4 Å². The van der Waals surface area contributed by atoms with Crippen LogP contribution in [0.3, 0.4) is 0 Å². The van der Waals surface area contributed by atoms with Gasteiger partial charge in [-0.3, -0.25) is 9.78 Å².